The molecule has 3 nitrogen and oxygen atoms in total. The lowest BCUT2D eigenvalue weighted by atomic mass is 9.98. The highest BCUT2D eigenvalue weighted by atomic mass is 16.2. The van der Waals surface area contributed by atoms with Gasteiger partial charge in [-0.15, -0.1) is 0 Å². The third kappa shape index (κ3) is 2.38. The minimum Gasteiger partial charge on any atom is -0.267 e. The summed E-state index contributed by atoms with van der Waals surface area (Å²) in [4.78, 5) is 12.7. The van der Waals surface area contributed by atoms with Gasteiger partial charge in [0.1, 0.15) is 0 Å². The van der Waals surface area contributed by atoms with Crippen LogP contribution in [-0.4, -0.2) is 11.6 Å². The number of amides is 1. The fraction of sp³-hybridized carbons (Fsp3) is 0.111. The van der Waals surface area contributed by atoms with Gasteiger partial charge in [-0.1, -0.05) is 48.5 Å². The SMILES string of the molecule is CC1=NN(c2ccccc2)C(=O)/C1=C(/C)c1ccccc1. The molecule has 0 saturated carbocycles. The molecule has 0 spiro atoms. The van der Waals surface area contributed by atoms with Crippen molar-refractivity contribution in [2.45, 2.75) is 13.8 Å². The molecule has 104 valence electrons. The molecule has 1 amide bonds. The molecular formula is C18H16N2O. The van der Waals surface area contributed by atoms with Crippen molar-refractivity contribution >= 4 is 22.9 Å². The second kappa shape index (κ2) is 5.37. The highest BCUT2D eigenvalue weighted by Gasteiger charge is 2.30. The van der Waals surface area contributed by atoms with Gasteiger partial charge in [-0.25, -0.2) is 0 Å². The summed E-state index contributed by atoms with van der Waals surface area (Å²) in [5.41, 5.74) is 4.23. The molecule has 2 aromatic carbocycles. The number of allylic oxidation sites excluding steroid dienone is 1. The van der Waals surface area contributed by atoms with Crippen LogP contribution in [0.4, 0.5) is 5.69 Å². The van der Waals surface area contributed by atoms with Gasteiger partial charge >= 0.3 is 0 Å². The number of rotatable bonds is 2. The predicted octanol–water partition coefficient (Wildman–Crippen LogP) is 3.88. The third-order valence-corrected chi connectivity index (χ3v) is 3.60. The van der Waals surface area contributed by atoms with Crippen LogP contribution in [0.25, 0.3) is 5.57 Å². The van der Waals surface area contributed by atoms with E-state index in [0.29, 0.717) is 5.57 Å². The van der Waals surface area contributed by atoms with E-state index in [2.05, 4.69) is 5.10 Å². The monoisotopic (exact) mass is 276 g/mol. The lowest BCUT2D eigenvalue weighted by Crippen LogP contribution is -2.21. The Morgan fingerprint density at radius 1 is 0.952 bits per heavy atom. The summed E-state index contributed by atoms with van der Waals surface area (Å²) in [7, 11) is 0. The van der Waals surface area contributed by atoms with E-state index < -0.39 is 0 Å². The maximum atomic E-state index is 12.7. The number of nitrogens with zero attached hydrogens (tertiary/aromatic N) is 2. The first-order valence-electron chi connectivity index (χ1n) is 6.90. The molecule has 0 saturated heterocycles. The minimum absolute atomic E-state index is 0.0694. The Morgan fingerprint density at radius 3 is 2.14 bits per heavy atom. The maximum absolute atomic E-state index is 12.7. The molecule has 2 aromatic rings. The normalized spacial score (nSPS) is 17.0. The van der Waals surface area contributed by atoms with Crippen LogP contribution in [0.5, 0.6) is 0 Å². The molecule has 0 bridgehead atoms. The molecule has 21 heavy (non-hydrogen) atoms. The first-order valence-corrected chi connectivity index (χ1v) is 6.90. The Kier molecular flexibility index (Phi) is 3.40. The van der Waals surface area contributed by atoms with Crippen LogP contribution in [-0.2, 0) is 4.79 Å². The Morgan fingerprint density at radius 2 is 1.52 bits per heavy atom. The average molecular weight is 276 g/mol. The highest BCUT2D eigenvalue weighted by molar-refractivity contribution is 6.33. The lowest BCUT2D eigenvalue weighted by Gasteiger charge is -2.12. The molecule has 0 unspecified atom stereocenters. The van der Waals surface area contributed by atoms with Crippen LogP contribution in [0.1, 0.15) is 19.4 Å². The Hall–Kier alpha value is -2.68. The Bertz CT molecular complexity index is 730. The van der Waals surface area contributed by atoms with Gasteiger partial charge in [0.2, 0.25) is 0 Å². The number of hydrogen-bond acceptors (Lipinski definition) is 2. The molecule has 0 aliphatic carbocycles. The summed E-state index contributed by atoms with van der Waals surface area (Å²) in [5, 5.41) is 5.88. The van der Waals surface area contributed by atoms with Crippen LogP contribution in [0.15, 0.2) is 71.3 Å². The fourth-order valence-electron chi connectivity index (χ4n) is 2.51. The standard InChI is InChI=1S/C18H16N2O/c1-13(15-9-5-3-6-10-15)17-14(2)19-20(18(17)21)16-11-7-4-8-12-16/h3-12H,1-2H3/b17-13-. The number of anilines is 1. The molecule has 1 heterocycles. The Balaban J connectivity index is 2.04. The molecule has 0 aromatic heterocycles. The molecule has 0 atom stereocenters. The molecular weight excluding hydrogens is 260 g/mol. The van der Waals surface area contributed by atoms with Crippen LogP contribution in [0, 0.1) is 0 Å². The van der Waals surface area contributed by atoms with E-state index in [4.69, 9.17) is 0 Å². The molecule has 3 rings (SSSR count). The van der Waals surface area contributed by atoms with E-state index in [9.17, 15) is 4.79 Å². The molecule has 0 radical (unpaired) electrons. The summed E-state index contributed by atoms with van der Waals surface area (Å²) >= 11 is 0. The summed E-state index contributed by atoms with van der Waals surface area (Å²) < 4.78 is 0. The summed E-state index contributed by atoms with van der Waals surface area (Å²) in [5.74, 6) is -0.0694. The van der Waals surface area contributed by atoms with Crippen LogP contribution >= 0.6 is 0 Å². The van der Waals surface area contributed by atoms with Gasteiger partial charge in [-0.3, -0.25) is 4.79 Å². The van der Waals surface area contributed by atoms with Crippen molar-refractivity contribution in [3.8, 4) is 0 Å². The number of carbonyl (C=O) groups excluding carboxylic acids is 1. The molecule has 3 heteroatoms. The zero-order valence-corrected chi connectivity index (χ0v) is 12.1. The van der Waals surface area contributed by atoms with Gasteiger partial charge in [0.15, 0.2) is 0 Å². The number of para-hydroxylation sites is 1. The molecule has 1 aliphatic rings. The van der Waals surface area contributed by atoms with Gasteiger partial charge in [0, 0.05) is 0 Å². The van der Waals surface area contributed by atoms with Gasteiger partial charge in [0.05, 0.1) is 17.0 Å². The fourth-order valence-corrected chi connectivity index (χ4v) is 2.51. The number of hydrogen-bond donors (Lipinski definition) is 0. The van der Waals surface area contributed by atoms with Crippen LogP contribution < -0.4 is 5.01 Å². The summed E-state index contributed by atoms with van der Waals surface area (Å²) in [6.07, 6.45) is 0. The first kappa shape index (κ1) is 13.3. The van der Waals surface area contributed by atoms with E-state index in [1.165, 1.54) is 5.01 Å². The zero-order chi connectivity index (χ0) is 14.8. The second-order valence-corrected chi connectivity index (χ2v) is 5.00. The first-order chi connectivity index (χ1) is 10.2. The lowest BCUT2D eigenvalue weighted by molar-refractivity contribution is -0.114. The van der Waals surface area contributed by atoms with Gasteiger partial charge in [0.25, 0.3) is 5.91 Å². The van der Waals surface area contributed by atoms with Crippen molar-refractivity contribution < 1.29 is 4.79 Å². The molecule has 0 N–H and O–H groups in total. The predicted molar refractivity (Wildman–Crippen MR) is 86.1 cm³/mol. The van der Waals surface area contributed by atoms with Crippen molar-refractivity contribution in [3.63, 3.8) is 0 Å². The van der Waals surface area contributed by atoms with Gasteiger partial charge in [-0.05, 0) is 37.1 Å². The third-order valence-electron chi connectivity index (χ3n) is 3.60. The van der Waals surface area contributed by atoms with E-state index in [1.807, 2.05) is 74.5 Å². The van der Waals surface area contributed by atoms with Gasteiger partial charge in [-0.2, -0.15) is 10.1 Å². The number of hydrazone groups is 1. The summed E-state index contributed by atoms with van der Waals surface area (Å²) in [6, 6.07) is 19.4. The largest absolute Gasteiger partial charge is 0.280 e. The van der Waals surface area contributed by atoms with E-state index in [-0.39, 0.29) is 5.91 Å². The van der Waals surface area contributed by atoms with Crippen molar-refractivity contribution in [1.82, 2.24) is 0 Å². The number of benzene rings is 2. The van der Waals surface area contributed by atoms with Crippen molar-refractivity contribution in [3.05, 3.63) is 71.8 Å². The van der Waals surface area contributed by atoms with E-state index in [1.54, 1.807) is 0 Å². The van der Waals surface area contributed by atoms with E-state index in [0.717, 1.165) is 22.5 Å². The smallest absolute Gasteiger partial charge is 0.267 e. The molecule has 0 fully saturated rings. The highest BCUT2D eigenvalue weighted by Crippen LogP contribution is 2.28. The Labute approximate surface area is 124 Å². The number of carbonyl (C=O) groups is 1. The minimum atomic E-state index is -0.0694. The average Bonchev–Trinajstić information content (AvgIpc) is 2.83. The van der Waals surface area contributed by atoms with Crippen molar-refractivity contribution in [2.24, 2.45) is 5.10 Å². The van der Waals surface area contributed by atoms with Crippen LogP contribution in [0.2, 0.25) is 0 Å². The quantitative estimate of drug-likeness (QED) is 0.766. The second-order valence-electron chi connectivity index (χ2n) is 5.00. The zero-order valence-electron chi connectivity index (χ0n) is 12.1. The maximum Gasteiger partial charge on any atom is 0.280 e. The molecule has 1 aliphatic heterocycles. The topological polar surface area (TPSA) is 32.7 Å². The van der Waals surface area contributed by atoms with Crippen molar-refractivity contribution in [1.29, 1.82) is 0 Å². The van der Waals surface area contributed by atoms with E-state index >= 15 is 0 Å². The summed E-state index contributed by atoms with van der Waals surface area (Å²) in [6.45, 7) is 3.85. The van der Waals surface area contributed by atoms with Gasteiger partial charge < -0.3 is 0 Å². The van der Waals surface area contributed by atoms with Crippen molar-refractivity contribution in [2.75, 3.05) is 5.01 Å². The van der Waals surface area contributed by atoms with Crippen LogP contribution in [0.3, 0.4) is 0 Å².